The van der Waals surface area contributed by atoms with Gasteiger partial charge in [0.15, 0.2) is 0 Å². The molecule has 24 heavy (non-hydrogen) atoms. The van der Waals surface area contributed by atoms with Crippen LogP contribution >= 0.6 is 0 Å². The van der Waals surface area contributed by atoms with Gasteiger partial charge in [0.1, 0.15) is 11.5 Å². The van der Waals surface area contributed by atoms with Gasteiger partial charge in [-0.1, -0.05) is 31.4 Å². The molecule has 0 radical (unpaired) electrons. The molecule has 0 amide bonds. The highest BCUT2D eigenvalue weighted by Crippen LogP contribution is 2.28. The van der Waals surface area contributed by atoms with E-state index >= 15 is 0 Å². The molecule has 0 bridgehead atoms. The molecule has 0 fully saturated rings. The Morgan fingerprint density at radius 1 is 0.875 bits per heavy atom. The van der Waals surface area contributed by atoms with Crippen LogP contribution in [0.5, 0.6) is 5.75 Å². The maximum absolute atomic E-state index is 11.5. The quantitative estimate of drug-likeness (QED) is 0.459. The van der Waals surface area contributed by atoms with E-state index in [1.807, 2.05) is 18.2 Å². The van der Waals surface area contributed by atoms with Gasteiger partial charge in [-0.25, -0.2) is 9.59 Å². The van der Waals surface area contributed by atoms with Crippen molar-refractivity contribution in [3.63, 3.8) is 0 Å². The number of carbonyl (C=O) groups excluding carboxylic acids is 2. The number of ether oxygens (including phenoxy) is 2. The van der Waals surface area contributed by atoms with Gasteiger partial charge in [0.2, 0.25) is 0 Å². The Morgan fingerprint density at radius 2 is 1.46 bits per heavy atom. The molecule has 1 aliphatic carbocycles. The van der Waals surface area contributed by atoms with Gasteiger partial charge in [-0.2, -0.15) is 0 Å². The van der Waals surface area contributed by atoms with Gasteiger partial charge < -0.3 is 9.47 Å². The molecule has 2 rings (SSSR count). The summed E-state index contributed by atoms with van der Waals surface area (Å²) in [6, 6.07) is 7.28. The molecular weight excluding hydrogens is 304 g/mol. The highest BCUT2D eigenvalue weighted by atomic mass is 16.5. The molecule has 0 aromatic heterocycles. The largest absolute Gasteiger partial charge is 0.428 e. The van der Waals surface area contributed by atoms with E-state index in [4.69, 9.17) is 9.47 Å². The van der Waals surface area contributed by atoms with E-state index in [0.29, 0.717) is 29.1 Å². The topological polar surface area (TPSA) is 52.6 Å². The molecule has 0 heterocycles. The van der Waals surface area contributed by atoms with Crippen LogP contribution in [0.25, 0.3) is 5.57 Å². The lowest BCUT2D eigenvalue weighted by atomic mass is 9.96. The summed E-state index contributed by atoms with van der Waals surface area (Å²) in [5.41, 5.74) is 2.90. The van der Waals surface area contributed by atoms with Crippen LogP contribution in [0.2, 0.25) is 0 Å². The van der Waals surface area contributed by atoms with E-state index in [0.717, 1.165) is 17.6 Å². The van der Waals surface area contributed by atoms with E-state index in [2.05, 4.69) is 13.2 Å². The maximum atomic E-state index is 11.5. The fourth-order valence-corrected chi connectivity index (χ4v) is 2.08. The van der Waals surface area contributed by atoms with Crippen molar-refractivity contribution in [2.24, 2.45) is 0 Å². The number of esters is 2. The molecule has 124 valence electrons. The summed E-state index contributed by atoms with van der Waals surface area (Å²) >= 11 is 0. The van der Waals surface area contributed by atoms with Gasteiger partial charge in [0.25, 0.3) is 0 Å². The lowest BCUT2D eigenvalue weighted by molar-refractivity contribution is -0.135. The van der Waals surface area contributed by atoms with Crippen molar-refractivity contribution in [3.8, 4) is 5.75 Å². The third-order valence-electron chi connectivity index (χ3n) is 3.47. The summed E-state index contributed by atoms with van der Waals surface area (Å²) in [4.78, 5) is 23.0. The summed E-state index contributed by atoms with van der Waals surface area (Å²) in [6.45, 7) is 10.3. The molecule has 1 aromatic carbocycles. The predicted octanol–water partition coefficient (Wildman–Crippen LogP) is 4.35. The van der Waals surface area contributed by atoms with Crippen LogP contribution in [0.3, 0.4) is 0 Å². The summed E-state index contributed by atoms with van der Waals surface area (Å²) in [5, 5.41) is 0. The van der Waals surface area contributed by atoms with Crippen molar-refractivity contribution in [2.75, 3.05) is 0 Å². The second-order valence-corrected chi connectivity index (χ2v) is 5.69. The Labute approximate surface area is 141 Å². The normalized spacial score (nSPS) is 13.4. The Hall–Kier alpha value is -2.88. The highest BCUT2D eigenvalue weighted by Gasteiger charge is 2.13. The average Bonchev–Trinajstić information content (AvgIpc) is 2.56. The summed E-state index contributed by atoms with van der Waals surface area (Å²) in [7, 11) is 0. The summed E-state index contributed by atoms with van der Waals surface area (Å²) in [5.74, 6) is 0.279. The molecule has 0 unspecified atom stereocenters. The minimum Gasteiger partial charge on any atom is -0.428 e. The molecule has 0 atom stereocenters. The third-order valence-corrected chi connectivity index (χ3v) is 3.47. The lowest BCUT2D eigenvalue weighted by Crippen LogP contribution is -2.08. The Morgan fingerprint density at radius 3 is 1.96 bits per heavy atom. The predicted molar refractivity (Wildman–Crippen MR) is 93.1 cm³/mol. The van der Waals surface area contributed by atoms with E-state index in [1.165, 1.54) is 0 Å². The van der Waals surface area contributed by atoms with Crippen molar-refractivity contribution in [2.45, 2.75) is 26.7 Å². The van der Waals surface area contributed by atoms with E-state index in [-0.39, 0.29) is 0 Å². The zero-order valence-electron chi connectivity index (χ0n) is 13.9. The second kappa shape index (κ2) is 7.59. The van der Waals surface area contributed by atoms with E-state index in [1.54, 1.807) is 32.1 Å². The number of rotatable bonds is 5. The second-order valence-electron chi connectivity index (χ2n) is 5.69. The Bertz CT molecular complexity index is 748. The lowest BCUT2D eigenvalue weighted by Gasteiger charge is -2.15. The maximum Gasteiger partial charge on any atom is 0.338 e. The van der Waals surface area contributed by atoms with Gasteiger partial charge in [-0.15, -0.1) is 0 Å². The fourth-order valence-electron chi connectivity index (χ4n) is 2.08. The fraction of sp³-hybridized carbons (Fsp3) is 0.200. The van der Waals surface area contributed by atoms with Crippen molar-refractivity contribution in [1.82, 2.24) is 0 Å². The first kappa shape index (κ1) is 17.5. The molecule has 0 aliphatic heterocycles. The minimum absolute atomic E-state index is 0.357. The van der Waals surface area contributed by atoms with Crippen LogP contribution in [-0.2, 0) is 14.3 Å². The van der Waals surface area contributed by atoms with Crippen LogP contribution in [0, 0.1) is 0 Å². The summed E-state index contributed by atoms with van der Waals surface area (Å²) in [6.07, 6.45) is 5.14. The first-order valence-corrected chi connectivity index (χ1v) is 7.62. The van der Waals surface area contributed by atoms with E-state index < -0.39 is 11.9 Å². The van der Waals surface area contributed by atoms with Crippen molar-refractivity contribution >= 4 is 17.5 Å². The molecule has 0 saturated heterocycles. The molecule has 0 spiro atoms. The molecule has 4 heteroatoms. The molecule has 0 N–H and O–H groups in total. The SMILES string of the molecule is C=C(C)C(=O)OC1=CC=C(c2ccc(OC(=O)C(=C)C)cc2)CC1. The monoisotopic (exact) mass is 324 g/mol. The van der Waals surface area contributed by atoms with Gasteiger partial charge >= 0.3 is 11.9 Å². The molecule has 1 aromatic rings. The van der Waals surface area contributed by atoms with Crippen LogP contribution in [0.1, 0.15) is 32.3 Å². The van der Waals surface area contributed by atoms with Gasteiger partial charge in [0, 0.05) is 17.6 Å². The van der Waals surface area contributed by atoms with Crippen LogP contribution < -0.4 is 4.74 Å². The van der Waals surface area contributed by atoms with Gasteiger partial charge in [-0.3, -0.25) is 0 Å². The minimum atomic E-state index is -0.438. The zero-order valence-corrected chi connectivity index (χ0v) is 13.9. The van der Waals surface area contributed by atoms with Crippen LogP contribution in [-0.4, -0.2) is 11.9 Å². The zero-order chi connectivity index (χ0) is 17.7. The number of hydrogen-bond donors (Lipinski definition) is 0. The third kappa shape index (κ3) is 4.56. The number of benzene rings is 1. The first-order valence-electron chi connectivity index (χ1n) is 7.62. The Kier molecular flexibility index (Phi) is 5.53. The van der Waals surface area contributed by atoms with Gasteiger partial charge in [-0.05, 0) is 49.6 Å². The molecular formula is C20H20O4. The van der Waals surface area contributed by atoms with Crippen molar-refractivity contribution in [1.29, 1.82) is 0 Å². The molecule has 1 aliphatic rings. The van der Waals surface area contributed by atoms with Crippen LogP contribution in [0.15, 0.2) is 66.5 Å². The highest BCUT2D eigenvalue weighted by molar-refractivity contribution is 5.89. The smallest absolute Gasteiger partial charge is 0.338 e. The summed E-state index contributed by atoms with van der Waals surface area (Å²) < 4.78 is 10.4. The average molecular weight is 324 g/mol. The van der Waals surface area contributed by atoms with Crippen molar-refractivity contribution < 1.29 is 19.1 Å². The number of hydrogen-bond acceptors (Lipinski definition) is 4. The Balaban J connectivity index is 2.05. The van der Waals surface area contributed by atoms with Gasteiger partial charge in [0.05, 0.1) is 0 Å². The van der Waals surface area contributed by atoms with Crippen molar-refractivity contribution in [3.05, 3.63) is 72.0 Å². The number of allylic oxidation sites excluding steroid dienone is 4. The number of carbonyl (C=O) groups is 2. The first-order chi connectivity index (χ1) is 11.4. The molecule has 0 saturated carbocycles. The van der Waals surface area contributed by atoms with Crippen LogP contribution in [0.4, 0.5) is 0 Å². The molecule has 4 nitrogen and oxygen atoms in total. The van der Waals surface area contributed by atoms with E-state index in [9.17, 15) is 9.59 Å². The standard InChI is InChI=1S/C20H20O4/c1-13(2)19(21)23-17-9-5-15(6-10-17)16-7-11-18(12-8-16)24-20(22)14(3)4/h5-7,9-11H,1,3,8,12H2,2,4H3.